The number of anilines is 3. The Bertz CT molecular complexity index is 1540. The van der Waals surface area contributed by atoms with Crippen LogP contribution in [0.3, 0.4) is 0 Å². The van der Waals surface area contributed by atoms with Crippen molar-refractivity contribution in [2.75, 3.05) is 24.3 Å². The standard InChI is InChI=1S/C29H23N3O3/c1-34-20-13-11-19(12-14-20)31-23-17-24(30-16-15-18-7-3-2-4-8-18)27-26-25(23)28(33)21-9-5-6-10-22(21)29(26)35-32-27/h2-14,17,30-31H,15-16H2,1H3. The minimum Gasteiger partial charge on any atom is -0.497 e. The number of hydrogen-bond donors (Lipinski definition) is 2. The second-order valence-corrected chi connectivity index (χ2v) is 8.47. The van der Waals surface area contributed by atoms with Crippen molar-refractivity contribution >= 4 is 33.7 Å². The third-order valence-corrected chi connectivity index (χ3v) is 6.34. The number of hydrogen-bond acceptors (Lipinski definition) is 6. The van der Waals surface area contributed by atoms with Crippen LogP contribution in [0.15, 0.2) is 89.5 Å². The lowest BCUT2D eigenvalue weighted by Crippen LogP contribution is -2.13. The second-order valence-electron chi connectivity index (χ2n) is 8.47. The Kier molecular flexibility index (Phi) is 5.19. The molecule has 2 N–H and O–H groups in total. The van der Waals surface area contributed by atoms with Crippen LogP contribution in [0.2, 0.25) is 0 Å². The summed E-state index contributed by atoms with van der Waals surface area (Å²) >= 11 is 0. The Balaban J connectivity index is 1.45. The summed E-state index contributed by atoms with van der Waals surface area (Å²) in [7, 11) is 1.64. The van der Waals surface area contributed by atoms with Gasteiger partial charge in [0.05, 0.1) is 29.4 Å². The highest BCUT2D eigenvalue weighted by molar-refractivity contribution is 6.28. The van der Waals surface area contributed by atoms with Crippen LogP contribution in [0.5, 0.6) is 5.75 Å². The SMILES string of the molecule is COc1ccc(Nc2cc(NCCc3ccccc3)c3noc4c3c2C(=O)c2ccccc2-4)cc1. The molecule has 0 saturated carbocycles. The Morgan fingerprint density at radius 3 is 2.40 bits per heavy atom. The Morgan fingerprint density at radius 1 is 0.886 bits per heavy atom. The van der Waals surface area contributed by atoms with Gasteiger partial charge in [-0.05, 0) is 42.3 Å². The van der Waals surface area contributed by atoms with Gasteiger partial charge < -0.3 is 19.9 Å². The first kappa shape index (κ1) is 21.0. The fourth-order valence-electron chi connectivity index (χ4n) is 4.61. The lowest BCUT2D eigenvalue weighted by molar-refractivity contribution is 0.104. The van der Waals surface area contributed by atoms with Gasteiger partial charge in [0, 0.05) is 23.4 Å². The van der Waals surface area contributed by atoms with Crippen LogP contribution in [-0.4, -0.2) is 24.6 Å². The minimum atomic E-state index is -0.0480. The predicted octanol–water partition coefficient (Wildman–Crippen LogP) is 6.45. The van der Waals surface area contributed by atoms with Crippen LogP contribution in [0, 0.1) is 0 Å². The first-order valence-corrected chi connectivity index (χ1v) is 11.5. The van der Waals surface area contributed by atoms with E-state index < -0.39 is 0 Å². The molecule has 0 radical (unpaired) electrons. The third kappa shape index (κ3) is 3.69. The molecule has 1 aromatic heterocycles. The van der Waals surface area contributed by atoms with Gasteiger partial charge in [-0.25, -0.2) is 0 Å². The molecule has 35 heavy (non-hydrogen) atoms. The number of carbonyl (C=O) groups excluding carboxylic acids is 1. The molecule has 0 aliphatic heterocycles. The van der Waals surface area contributed by atoms with Gasteiger partial charge in [0.15, 0.2) is 11.5 Å². The summed E-state index contributed by atoms with van der Waals surface area (Å²) in [4.78, 5) is 13.7. The lowest BCUT2D eigenvalue weighted by Gasteiger charge is -2.20. The molecule has 0 spiro atoms. The van der Waals surface area contributed by atoms with Crippen LogP contribution < -0.4 is 15.4 Å². The number of rotatable bonds is 7. The lowest BCUT2D eigenvalue weighted by atomic mass is 9.86. The molecule has 1 heterocycles. The van der Waals surface area contributed by atoms with E-state index in [0.29, 0.717) is 34.6 Å². The Hall–Kier alpha value is -4.58. The molecule has 6 rings (SSSR count). The molecular weight excluding hydrogens is 438 g/mol. The van der Waals surface area contributed by atoms with E-state index in [1.54, 1.807) is 7.11 Å². The number of aromatic nitrogens is 1. The van der Waals surface area contributed by atoms with Crippen LogP contribution >= 0.6 is 0 Å². The topological polar surface area (TPSA) is 76.4 Å². The number of benzene rings is 4. The van der Waals surface area contributed by atoms with Gasteiger partial charge in [-0.2, -0.15) is 0 Å². The zero-order chi connectivity index (χ0) is 23.8. The summed E-state index contributed by atoms with van der Waals surface area (Å²) in [6, 6.07) is 27.4. The van der Waals surface area contributed by atoms with E-state index in [1.807, 2.05) is 72.8 Å². The van der Waals surface area contributed by atoms with Crippen molar-refractivity contribution in [1.29, 1.82) is 0 Å². The maximum absolute atomic E-state index is 13.7. The first-order valence-electron chi connectivity index (χ1n) is 11.5. The van der Waals surface area contributed by atoms with Crippen molar-refractivity contribution in [3.63, 3.8) is 0 Å². The van der Waals surface area contributed by atoms with E-state index in [-0.39, 0.29) is 5.78 Å². The van der Waals surface area contributed by atoms with Gasteiger partial charge in [0.2, 0.25) is 0 Å². The number of nitrogens with one attached hydrogen (secondary N) is 2. The van der Waals surface area contributed by atoms with E-state index in [0.717, 1.165) is 34.5 Å². The highest BCUT2D eigenvalue weighted by Crippen LogP contribution is 2.45. The highest BCUT2D eigenvalue weighted by Gasteiger charge is 2.32. The quantitative estimate of drug-likeness (QED) is 0.285. The monoisotopic (exact) mass is 461 g/mol. The van der Waals surface area contributed by atoms with Gasteiger partial charge in [-0.3, -0.25) is 4.79 Å². The van der Waals surface area contributed by atoms with Gasteiger partial charge in [0.25, 0.3) is 0 Å². The number of ketones is 1. The number of nitrogens with zero attached hydrogens (tertiary/aromatic N) is 1. The summed E-state index contributed by atoms with van der Waals surface area (Å²) in [5, 5.41) is 12.1. The molecule has 6 heteroatoms. The molecule has 5 aromatic rings. The van der Waals surface area contributed by atoms with Crippen molar-refractivity contribution in [1.82, 2.24) is 5.16 Å². The average molecular weight is 462 g/mol. The maximum atomic E-state index is 13.7. The largest absolute Gasteiger partial charge is 0.497 e. The van der Waals surface area contributed by atoms with E-state index in [1.165, 1.54) is 5.56 Å². The molecule has 4 aromatic carbocycles. The Morgan fingerprint density at radius 2 is 1.63 bits per heavy atom. The van der Waals surface area contributed by atoms with Crippen molar-refractivity contribution in [3.05, 3.63) is 102 Å². The molecule has 0 saturated heterocycles. The summed E-state index contributed by atoms with van der Waals surface area (Å²) in [6.07, 6.45) is 0.859. The molecule has 1 aliphatic rings. The van der Waals surface area contributed by atoms with Crippen LogP contribution in [0.1, 0.15) is 21.5 Å². The molecular formula is C29H23N3O3. The molecule has 0 fully saturated rings. The molecule has 0 atom stereocenters. The Labute approximate surface area is 202 Å². The average Bonchev–Trinajstić information content (AvgIpc) is 3.35. The van der Waals surface area contributed by atoms with Crippen LogP contribution in [0.4, 0.5) is 17.1 Å². The fourth-order valence-corrected chi connectivity index (χ4v) is 4.61. The number of fused-ring (bicyclic) bond motifs is 2. The van der Waals surface area contributed by atoms with Crippen molar-refractivity contribution in [2.24, 2.45) is 0 Å². The van der Waals surface area contributed by atoms with E-state index in [4.69, 9.17) is 9.26 Å². The van der Waals surface area contributed by atoms with Gasteiger partial charge >= 0.3 is 0 Å². The molecule has 1 aliphatic carbocycles. The van der Waals surface area contributed by atoms with Gasteiger partial charge in [0.1, 0.15) is 11.3 Å². The predicted molar refractivity (Wildman–Crippen MR) is 138 cm³/mol. The van der Waals surface area contributed by atoms with Gasteiger partial charge in [-0.1, -0.05) is 59.8 Å². The van der Waals surface area contributed by atoms with Crippen molar-refractivity contribution in [2.45, 2.75) is 6.42 Å². The number of methoxy groups -OCH3 is 1. The number of carbonyl (C=O) groups is 1. The summed E-state index contributed by atoms with van der Waals surface area (Å²) in [5.74, 6) is 1.34. The summed E-state index contributed by atoms with van der Waals surface area (Å²) in [5.41, 5.74) is 6.22. The third-order valence-electron chi connectivity index (χ3n) is 6.34. The van der Waals surface area contributed by atoms with E-state index >= 15 is 0 Å². The van der Waals surface area contributed by atoms with Crippen LogP contribution in [0.25, 0.3) is 22.2 Å². The smallest absolute Gasteiger partial charge is 0.196 e. The molecule has 172 valence electrons. The van der Waals surface area contributed by atoms with Crippen molar-refractivity contribution in [3.8, 4) is 17.1 Å². The zero-order valence-corrected chi connectivity index (χ0v) is 19.2. The van der Waals surface area contributed by atoms with Crippen molar-refractivity contribution < 1.29 is 14.1 Å². The molecule has 0 amide bonds. The maximum Gasteiger partial charge on any atom is 0.196 e. The second kappa shape index (κ2) is 8.65. The normalized spacial score (nSPS) is 11.9. The minimum absolute atomic E-state index is 0.0480. The summed E-state index contributed by atoms with van der Waals surface area (Å²) < 4.78 is 11.1. The number of ether oxygens (including phenoxy) is 1. The first-order chi connectivity index (χ1) is 17.2. The molecule has 0 unspecified atom stereocenters. The van der Waals surface area contributed by atoms with E-state index in [9.17, 15) is 4.79 Å². The molecule has 6 nitrogen and oxygen atoms in total. The van der Waals surface area contributed by atoms with Crippen LogP contribution in [-0.2, 0) is 6.42 Å². The highest BCUT2D eigenvalue weighted by atomic mass is 16.5. The van der Waals surface area contributed by atoms with Gasteiger partial charge in [-0.15, -0.1) is 0 Å². The zero-order valence-electron chi connectivity index (χ0n) is 19.2. The summed E-state index contributed by atoms with van der Waals surface area (Å²) in [6.45, 7) is 0.715. The van der Waals surface area contributed by atoms with E-state index in [2.05, 4.69) is 27.9 Å². The fraction of sp³-hybridized carbons (Fsp3) is 0.103. The molecule has 0 bridgehead atoms.